The smallest absolute Gasteiger partial charge is 0.256 e. The van der Waals surface area contributed by atoms with Gasteiger partial charge in [-0.05, 0) is 44.0 Å². The Bertz CT molecular complexity index is 797. The normalized spacial score (nSPS) is 11.0. The Labute approximate surface area is 121 Å². The van der Waals surface area contributed by atoms with Gasteiger partial charge in [-0.2, -0.15) is 19.6 Å². The SMILES string of the molecule is Cc1ccc(Oc2c(C)c(Cl)nc3ncnn23)cc1C. The van der Waals surface area contributed by atoms with Crippen LogP contribution < -0.4 is 4.74 Å². The monoisotopic (exact) mass is 288 g/mol. The zero-order chi connectivity index (χ0) is 14.3. The first kappa shape index (κ1) is 12.9. The number of aromatic nitrogens is 4. The van der Waals surface area contributed by atoms with Crippen molar-refractivity contribution in [2.75, 3.05) is 0 Å². The molecule has 2 aromatic heterocycles. The molecule has 1 aromatic carbocycles. The summed E-state index contributed by atoms with van der Waals surface area (Å²) in [5.41, 5.74) is 3.10. The molecule has 0 fully saturated rings. The van der Waals surface area contributed by atoms with Crippen LogP contribution in [-0.4, -0.2) is 19.6 Å². The van der Waals surface area contributed by atoms with Gasteiger partial charge >= 0.3 is 0 Å². The number of nitrogens with zero attached hydrogens (tertiary/aromatic N) is 4. The van der Waals surface area contributed by atoms with Crippen molar-refractivity contribution >= 4 is 17.4 Å². The van der Waals surface area contributed by atoms with Crippen molar-refractivity contribution in [1.82, 2.24) is 19.6 Å². The van der Waals surface area contributed by atoms with E-state index in [-0.39, 0.29) is 0 Å². The quantitative estimate of drug-likeness (QED) is 0.677. The van der Waals surface area contributed by atoms with Crippen LogP contribution in [0, 0.1) is 20.8 Å². The standard InChI is InChI=1S/C14H13ClN4O/c1-8-4-5-11(6-9(8)2)20-13-10(3)12(15)18-14-16-7-17-19(13)14/h4-7H,1-3H3. The minimum Gasteiger partial charge on any atom is -0.438 e. The molecule has 20 heavy (non-hydrogen) atoms. The third-order valence-corrected chi connectivity index (χ3v) is 3.61. The van der Waals surface area contributed by atoms with Gasteiger partial charge in [0.1, 0.15) is 17.2 Å². The molecule has 0 aliphatic heterocycles. The second-order valence-electron chi connectivity index (χ2n) is 4.65. The Hall–Kier alpha value is -2.14. The number of hydrogen-bond acceptors (Lipinski definition) is 4. The molecule has 0 saturated carbocycles. The second-order valence-corrected chi connectivity index (χ2v) is 5.01. The Balaban J connectivity index is 2.11. The highest BCUT2D eigenvalue weighted by Gasteiger charge is 2.14. The van der Waals surface area contributed by atoms with E-state index in [9.17, 15) is 0 Å². The van der Waals surface area contributed by atoms with Gasteiger partial charge in [0, 0.05) is 5.56 Å². The molecule has 0 atom stereocenters. The van der Waals surface area contributed by atoms with Crippen molar-refractivity contribution in [2.45, 2.75) is 20.8 Å². The zero-order valence-electron chi connectivity index (χ0n) is 11.4. The molecular formula is C14H13ClN4O. The van der Waals surface area contributed by atoms with Crippen molar-refractivity contribution in [3.63, 3.8) is 0 Å². The fourth-order valence-corrected chi connectivity index (χ4v) is 2.04. The lowest BCUT2D eigenvalue weighted by molar-refractivity contribution is 0.441. The molecule has 3 rings (SSSR count). The lowest BCUT2D eigenvalue weighted by Crippen LogP contribution is -2.01. The van der Waals surface area contributed by atoms with Crippen LogP contribution in [0.5, 0.6) is 11.6 Å². The number of halogens is 1. The van der Waals surface area contributed by atoms with Crippen LogP contribution >= 0.6 is 11.6 Å². The van der Waals surface area contributed by atoms with Crippen molar-refractivity contribution in [3.8, 4) is 11.6 Å². The minimum absolute atomic E-state index is 0.365. The third-order valence-electron chi connectivity index (χ3n) is 3.24. The van der Waals surface area contributed by atoms with E-state index >= 15 is 0 Å². The molecule has 0 amide bonds. The molecule has 0 unspecified atom stereocenters. The van der Waals surface area contributed by atoms with E-state index in [1.54, 1.807) is 0 Å². The van der Waals surface area contributed by atoms with Crippen LogP contribution in [0.4, 0.5) is 0 Å². The highest BCUT2D eigenvalue weighted by atomic mass is 35.5. The summed E-state index contributed by atoms with van der Waals surface area (Å²) < 4.78 is 7.47. The number of fused-ring (bicyclic) bond motifs is 1. The molecule has 0 radical (unpaired) electrons. The van der Waals surface area contributed by atoms with E-state index in [1.165, 1.54) is 16.4 Å². The molecule has 102 valence electrons. The summed E-state index contributed by atoms with van der Waals surface area (Å²) in [7, 11) is 0. The van der Waals surface area contributed by atoms with Gasteiger partial charge in [-0.3, -0.25) is 0 Å². The number of hydrogen-bond donors (Lipinski definition) is 0. The molecule has 0 aliphatic carbocycles. The van der Waals surface area contributed by atoms with Gasteiger partial charge < -0.3 is 4.74 Å². The van der Waals surface area contributed by atoms with Crippen molar-refractivity contribution in [1.29, 1.82) is 0 Å². The van der Waals surface area contributed by atoms with Gasteiger partial charge in [-0.1, -0.05) is 17.7 Å². The Morgan fingerprint density at radius 3 is 2.70 bits per heavy atom. The molecule has 3 aromatic rings. The summed E-state index contributed by atoms with van der Waals surface area (Å²) in [4.78, 5) is 8.17. The Kier molecular flexibility index (Phi) is 3.06. The van der Waals surface area contributed by atoms with Gasteiger partial charge in [0.15, 0.2) is 0 Å². The molecule has 0 N–H and O–H groups in total. The fourth-order valence-electron chi connectivity index (χ4n) is 1.88. The average molecular weight is 289 g/mol. The van der Waals surface area contributed by atoms with Crippen LogP contribution in [0.3, 0.4) is 0 Å². The molecule has 0 bridgehead atoms. The Morgan fingerprint density at radius 1 is 1.15 bits per heavy atom. The molecule has 0 spiro atoms. The van der Waals surface area contributed by atoms with Crippen LogP contribution in [0.25, 0.3) is 5.78 Å². The maximum Gasteiger partial charge on any atom is 0.256 e. The van der Waals surface area contributed by atoms with Crippen molar-refractivity contribution in [2.24, 2.45) is 0 Å². The molecule has 6 heteroatoms. The Morgan fingerprint density at radius 2 is 1.95 bits per heavy atom. The lowest BCUT2D eigenvalue weighted by atomic mass is 10.1. The summed E-state index contributed by atoms with van der Waals surface area (Å²) in [6.07, 6.45) is 1.42. The molecule has 2 heterocycles. The van der Waals surface area contributed by atoms with E-state index in [2.05, 4.69) is 22.0 Å². The topological polar surface area (TPSA) is 52.3 Å². The predicted octanol–water partition coefficient (Wildman–Crippen LogP) is 3.50. The summed E-state index contributed by atoms with van der Waals surface area (Å²) in [5.74, 6) is 1.68. The van der Waals surface area contributed by atoms with Crippen molar-refractivity contribution < 1.29 is 4.74 Å². The summed E-state index contributed by atoms with van der Waals surface area (Å²) >= 11 is 6.10. The van der Waals surface area contributed by atoms with E-state index < -0.39 is 0 Å². The summed E-state index contributed by atoms with van der Waals surface area (Å²) in [6.45, 7) is 5.94. The number of aryl methyl sites for hydroxylation is 2. The summed E-state index contributed by atoms with van der Waals surface area (Å²) in [5, 5.41) is 4.48. The first-order chi connectivity index (χ1) is 9.56. The van der Waals surface area contributed by atoms with E-state index in [4.69, 9.17) is 16.3 Å². The van der Waals surface area contributed by atoms with Crippen molar-refractivity contribution in [3.05, 3.63) is 46.4 Å². The minimum atomic E-state index is 0.365. The third kappa shape index (κ3) is 2.10. The van der Waals surface area contributed by atoms with Crippen LogP contribution in [0.2, 0.25) is 5.15 Å². The number of rotatable bonds is 2. The van der Waals surface area contributed by atoms with Crippen LogP contribution in [0.15, 0.2) is 24.5 Å². The van der Waals surface area contributed by atoms with Crippen LogP contribution in [-0.2, 0) is 0 Å². The fraction of sp³-hybridized carbons (Fsp3) is 0.214. The van der Waals surface area contributed by atoms with E-state index in [1.807, 2.05) is 32.0 Å². The highest BCUT2D eigenvalue weighted by molar-refractivity contribution is 6.30. The lowest BCUT2D eigenvalue weighted by Gasteiger charge is -2.11. The highest BCUT2D eigenvalue weighted by Crippen LogP contribution is 2.29. The number of ether oxygens (including phenoxy) is 1. The summed E-state index contributed by atoms with van der Waals surface area (Å²) in [6, 6.07) is 5.91. The van der Waals surface area contributed by atoms with E-state index in [0.29, 0.717) is 16.8 Å². The van der Waals surface area contributed by atoms with Gasteiger partial charge in [0.2, 0.25) is 5.88 Å². The van der Waals surface area contributed by atoms with Gasteiger partial charge in [-0.15, -0.1) is 0 Å². The zero-order valence-corrected chi connectivity index (χ0v) is 12.1. The van der Waals surface area contributed by atoms with Gasteiger partial charge in [0.05, 0.1) is 0 Å². The molecule has 0 aliphatic rings. The van der Waals surface area contributed by atoms with E-state index in [0.717, 1.165) is 16.9 Å². The van der Waals surface area contributed by atoms with Gasteiger partial charge in [0.25, 0.3) is 5.78 Å². The first-order valence-corrected chi connectivity index (χ1v) is 6.55. The average Bonchev–Trinajstić information content (AvgIpc) is 2.87. The first-order valence-electron chi connectivity index (χ1n) is 6.17. The second kappa shape index (κ2) is 4.76. The van der Waals surface area contributed by atoms with Gasteiger partial charge in [-0.25, -0.2) is 0 Å². The maximum atomic E-state index is 6.10. The molecular weight excluding hydrogens is 276 g/mol. The predicted molar refractivity (Wildman–Crippen MR) is 76.5 cm³/mol. The largest absolute Gasteiger partial charge is 0.438 e. The number of benzene rings is 1. The van der Waals surface area contributed by atoms with Crippen LogP contribution in [0.1, 0.15) is 16.7 Å². The molecule has 0 saturated heterocycles. The maximum absolute atomic E-state index is 6.10. The molecule has 5 nitrogen and oxygen atoms in total.